The van der Waals surface area contributed by atoms with E-state index in [1.165, 1.54) is 25.3 Å². The zero-order valence-corrected chi connectivity index (χ0v) is 10.1. The van der Waals surface area contributed by atoms with Crippen molar-refractivity contribution in [2.45, 2.75) is 0 Å². The van der Waals surface area contributed by atoms with E-state index in [1.54, 1.807) is 12.1 Å². The molecular formula is C13H10FN3O2. The van der Waals surface area contributed by atoms with E-state index in [0.717, 1.165) is 6.07 Å². The molecule has 2 aromatic rings. The summed E-state index contributed by atoms with van der Waals surface area (Å²) in [7, 11) is 1.43. The zero-order chi connectivity index (χ0) is 13.8. The van der Waals surface area contributed by atoms with Crippen LogP contribution in [-0.4, -0.2) is 12.1 Å². The molecule has 19 heavy (non-hydrogen) atoms. The molecule has 0 aliphatic heterocycles. The lowest BCUT2D eigenvalue weighted by molar-refractivity contribution is 0.385. The second kappa shape index (κ2) is 5.23. The topological polar surface area (TPSA) is 81.2 Å². The van der Waals surface area contributed by atoms with Crippen LogP contribution in [0.5, 0.6) is 17.5 Å². The van der Waals surface area contributed by atoms with E-state index >= 15 is 0 Å². The van der Waals surface area contributed by atoms with Gasteiger partial charge in [-0.15, -0.1) is 0 Å². The highest BCUT2D eigenvalue weighted by Crippen LogP contribution is 2.26. The van der Waals surface area contributed by atoms with E-state index in [0.29, 0.717) is 5.69 Å². The molecule has 0 amide bonds. The van der Waals surface area contributed by atoms with E-state index in [4.69, 9.17) is 20.5 Å². The number of methoxy groups -OCH3 is 1. The molecule has 0 atom stereocenters. The van der Waals surface area contributed by atoms with Crippen molar-refractivity contribution in [3.63, 3.8) is 0 Å². The normalized spacial score (nSPS) is 9.74. The SMILES string of the molecule is COc1nc(Oc2ccc(C#N)c(F)c2)ccc1N. The van der Waals surface area contributed by atoms with Crippen LogP contribution in [0.1, 0.15) is 5.56 Å². The number of nitrogens with two attached hydrogens (primary N) is 1. The molecule has 0 bridgehead atoms. The van der Waals surface area contributed by atoms with Crippen molar-refractivity contribution in [1.29, 1.82) is 5.26 Å². The van der Waals surface area contributed by atoms with Crippen LogP contribution in [0.4, 0.5) is 10.1 Å². The van der Waals surface area contributed by atoms with Crippen molar-refractivity contribution >= 4 is 5.69 Å². The summed E-state index contributed by atoms with van der Waals surface area (Å²) in [5.41, 5.74) is 5.95. The fourth-order valence-electron chi connectivity index (χ4n) is 1.43. The first-order valence-electron chi connectivity index (χ1n) is 5.32. The molecule has 6 heteroatoms. The molecule has 2 N–H and O–H groups in total. The van der Waals surface area contributed by atoms with Gasteiger partial charge in [0.05, 0.1) is 18.4 Å². The summed E-state index contributed by atoms with van der Waals surface area (Å²) >= 11 is 0. The summed E-state index contributed by atoms with van der Waals surface area (Å²) in [5, 5.41) is 8.62. The Labute approximate surface area is 109 Å². The van der Waals surface area contributed by atoms with Crippen LogP contribution in [0.25, 0.3) is 0 Å². The summed E-state index contributed by atoms with van der Waals surface area (Å²) in [4.78, 5) is 4.00. The summed E-state index contributed by atoms with van der Waals surface area (Å²) in [6.07, 6.45) is 0. The van der Waals surface area contributed by atoms with Crippen molar-refractivity contribution in [1.82, 2.24) is 4.98 Å². The molecule has 2 rings (SSSR count). The number of aromatic nitrogens is 1. The number of hydrogen-bond acceptors (Lipinski definition) is 5. The van der Waals surface area contributed by atoms with Crippen molar-refractivity contribution in [2.75, 3.05) is 12.8 Å². The molecule has 0 saturated heterocycles. The fourth-order valence-corrected chi connectivity index (χ4v) is 1.43. The second-order valence-corrected chi connectivity index (χ2v) is 3.60. The Bertz CT molecular complexity index is 644. The minimum atomic E-state index is -0.651. The number of nitriles is 1. The quantitative estimate of drug-likeness (QED) is 0.915. The van der Waals surface area contributed by atoms with Gasteiger partial charge in [-0.3, -0.25) is 0 Å². The van der Waals surface area contributed by atoms with Gasteiger partial charge in [-0.1, -0.05) is 0 Å². The van der Waals surface area contributed by atoms with Crippen LogP contribution in [-0.2, 0) is 0 Å². The first kappa shape index (κ1) is 12.6. The molecule has 0 unspecified atom stereocenters. The average molecular weight is 259 g/mol. The first-order chi connectivity index (χ1) is 9.13. The van der Waals surface area contributed by atoms with Crippen LogP contribution in [0.2, 0.25) is 0 Å². The van der Waals surface area contributed by atoms with Gasteiger partial charge in [0.2, 0.25) is 11.8 Å². The standard InChI is InChI=1S/C13H10FN3O2/c1-18-13-11(16)4-5-12(17-13)19-9-3-2-8(7-15)10(14)6-9/h2-6H,16H2,1H3. The number of hydrogen-bond donors (Lipinski definition) is 1. The lowest BCUT2D eigenvalue weighted by atomic mass is 10.2. The Morgan fingerprint density at radius 3 is 2.74 bits per heavy atom. The first-order valence-corrected chi connectivity index (χ1v) is 5.32. The van der Waals surface area contributed by atoms with Crippen molar-refractivity contribution in [3.8, 4) is 23.6 Å². The Morgan fingerprint density at radius 2 is 2.11 bits per heavy atom. The number of halogens is 1. The van der Waals surface area contributed by atoms with E-state index < -0.39 is 5.82 Å². The summed E-state index contributed by atoms with van der Waals surface area (Å²) in [6, 6.07) is 8.76. The number of anilines is 1. The van der Waals surface area contributed by atoms with Gasteiger partial charge in [-0.05, 0) is 18.2 Å². The molecule has 0 saturated carbocycles. The maximum atomic E-state index is 13.4. The van der Waals surface area contributed by atoms with Crippen molar-refractivity contribution < 1.29 is 13.9 Å². The summed E-state index contributed by atoms with van der Waals surface area (Å²) < 4.78 is 23.7. The summed E-state index contributed by atoms with van der Waals surface area (Å²) in [6.45, 7) is 0. The Kier molecular flexibility index (Phi) is 3.48. The third-order valence-electron chi connectivity index (χ3n) is 2.34. The monoisotopic (exact) mass is 259 g/mol. The van der Waals surface area contributed by atoms with E-state index in [-0.39, 0.29) is 23.1 Å². The number of nitrogen functional groups attached to an aromatic ring is 1. The van der Waals surface area contributed by atoms with Crippen LogP contribution < -0.4 is 15.2 Å². The van der Waals surface area contributed by atoms with Gasteiger partial charge in [-0.25, -0.2) is 4.39 Å². The minimum absolute atomic E-state index is 0.0461. The lowest BCUT2D eigenvalue weighted by Crippen LogP contribution is -1.97. The van der Waals surface area contributed by atoms with Crippen LogP contribution in [0.3, 0.4) is 0 Å². The molecular weight excluding hydrogens is 249 g/mol. The van der Waals surface area contributed by atoms with Gasteiger partial charge in [0.1, 0.15) is 17.6 Å². The largest absolute Gasteiger partial charge is 0.479 e. The van der Waals surface area contributed by atoms with Crippen LogP contribution in [0.15, 0.2) is 30.3 Å². The molecule has 1 aromatic heterocycles. The molecule has 0 aliphatic carbocycles. The highest BCUT2D eigenvalue weighted by molar-refractivity contribution is 5.49. The van der Waals surface area contributed by atoms with Gasteiger partial charge < -0.3 is 15.2 Å². The van der Waals surface area contributed by atoms with Gasteiger partial charge in [0, 0.05) is 12.1 Å². The van der Waals surface area contributed by atoms with Gasteiger partial charge in [0.25, 0.3) is 0 Å². The van der Waals surface area contributed by atoms with Crippen LogP contribution >= 0.6 is 0 Å². The lowest BCUT2D eigenvalue weighted by Gasteiger charge is -2.08. The van der Waals surface area contributed by atoms with E-state index in [9.17, 15) is 4.39 Å². The molecule has 0 spiro atoms. The minimum Gasteiger partial charge on any atom is -0.479 e. The maximum Gasteiger partial charge on any atom is 0.240 e. The van der Waals surface area contributed by atoms with Crippen LogP contribution in [0, 0.1) is 17.1 Å². The summed E-state index contributed by atoms with van der Waals surface area (Å²) in [5.74, 6) is 0.0278. The number of nitrogens with zero attached hydrogens (tertiary/aromatic N) is 2. The number of benzene rings is 1. The van der Waals surface area contributed by atoms with Gasteiger partial charge in [0.15, 0.2) is 0 Å². The molecule has 1 heterocycles. The Balaban J connectivity index is 2.26. The third kappa shape index (κ3) is 2.72. The molecule has 0 fully saturated rings. The van der Waals surface area contributed by atoms with E-state index in [1.807, 2.05) is 0 Å². The van der Waals surface area contributed by atoms with Crippen molar-refractivity contribution in [3.05, 3.63) is 41.7 Å². The van der Waals surface area contributed by atoms with Crippen molar-refractivity contribution in [2.24, 2.45) is 0 Å². The number of rotatable bonds is 3. The van der Waals surface area contributed by atoms with E-state index in [2.05, 4.69) is 4.98 Å². The fraction of sp³-hybridized carbons (Fsp3) is 0.0769. The zero-order valence-electron chi connectivity index (χ0n) is 10.1. The predicted molar refractivity (Wildman–Crippen MR) is 66.4 cm³/mol. The number of pyridine rings is 1. The average Bonchev–Trinajstić information content (AvgIpc) is 2.41. The molecule has 1 aromatic carbocycles. The van der Waals surface area contributed by atoms with Gasteiger partial charge >= 0.3 is 0 Å². The molecule has 96 valence electrons. The Hall–Kier alpha value is -2.81. The predicted octanol–water partition coefficient (Wildman–Crippen LogP) is 2.48. The maximum absolute atomic E-state index is 13.4. The van der Waals surface area contributed by atoms with Gasteiger partial charge in [-0.2, -0.15) is 10.2 Å². The second-order valence-electron chi connectivity index (χ2n) is 3.60. The number of ether oxygens (including phenoxy) is 2. The third-order valence-corrected chi connectivity index (χ3v) is 2.34. The molecule has 0 radical (unpaired) electrons. The molecule has 0 aliphatic rings. The highest BCUT2D eigenvalue weighted by Gasteiger charge is 2.07. The smallest absolute Gasteiger partial charge is 0.240 e. The molecule has 5 nitrogen and oxygen atoms in total. The Morgan fingerprint density at radius 1 is 1.32 bits per heavy atom. The highest BCUT2D eigenvalue weighted by atomic mass is 19.1.